The second-order valence-electron chi connectivity index (χ2n) is 6.48. The number of amides is 4. The molecule has 2 aliphatic rings. The lowest BCUT2D eigenvalue weighted by Gasteiger charge is -2.34. The molecule has 4 amide bonds. The minimum Gasteiger partial charge on any atom is -0.340 e. The summed E-state index contributed by atoms with van der Waals surface area (Å²) in [5.41, 5.74) is 0.376. The molecule has 10 nitrogen and oxygen atoms in total. The Morgan fingerprint density at radius 3 is 2.32 bits per heavy atom. The summed E-state index contributed by atoms with van der Waals surface area (Å²) in [6, 6.07) is 6.35. The summed E-state index contributed by atoms with van der Waals surface area (Å²) in [6.45, 7) is 0.818. The second kappa shape index (κ2) is 7.95. The Kier molecular flexibility index (Phi) is 5.62. The van der Waals surface area contributed by atoms with Crippen molar-refractivity contribution in [3.8, 4) is 6.07 Å². The van der Waals surface area contributed by atoms with Crippen molar-refractivity contribution in [3.63, 3.8) is 0 Å². The number of nitrogens with zero attached hydrogens (tertiary/aromatic N) is 3. The van der Waals surface area contributed by atoms with Crippen molar-refractivity contribution in [2.24, 2.45) is 0 Å². The lowest BCUT2D eigenvalue weighted by atomic mass is 10.1. The minimum absolute atomic E-state index is 0.0841. The van der Waals surface area contributed by atoms with Crippen LogP contribution in [0, 0.1) is 11.3 Å². The first-order valence-corrected chi connectivity index (χ1v) is 10.1. The van der Waals surface area contributed by atoms with E-state index in [1.807, 2.05) is 6.07 Å². The highest BCUT2D eigenvalue weighted by Crippen LogP contribution is 2.19. The quantitative estimate of drug-likeness (QED) is 0.626. The maximum Gasteiger partial charge on any atom is 0.322 e. The molecule has 0 saturated carbocycles. The fourth-order valence-electron chi connectivity index (χ4n) is 3.12. The Morgan fingerprint density at radius 2 is 1.79 bits per heavy atom. The summed E-state index contributed by atoms with van der Waals surface area (Å²) in [5.74, 6) is -0.638. The first-order valence-electron chi connectivity index (χ1n) is 8.71. The van der Waals surface area contributed by atoms with E-state index in [9.17, 15) is 22.8 Å². The summed E-state index contributed by atoms with van der Waals surface area (Å²) in [7, 11) is -3.69. The van der Waals surface area contributed by atoms with Crippen molar-refractivity contribution in [2.45, 2.75) is 23.8 Å². The van der Waals surface area contributed by atoms with Crippen LogP contribution in [0.15, 0.2) is 29.2 Å². The van der Waals surface area contributed by atoms with Gasteiger partial charge in [0.1, 0.15) is 6.04 Å². The smallest absolute Gasteiger partial charge is 0.322 e. The minimum atomic E-state index is -3.69. The van der Waals surface area contributed by atoms with Gasteiger partial charge in [0, 0.05) is 32.6 Å². The highest BCUT2D eigenvalue weighted by Gasteiger charge is 2.32. The van der Waals surface area contributed by atoms with Gasteiger partial charge in [0.2, 0.25) is 15.9 Å². The molecule has 0 aliphatic carbocycles. The van der Waals surface area contributed by atoms with Crippen molar-refractivity contribution in [1.29, 1.82) is 5.26 Å². The van der Waals surface area contributed by atoms with E-state index >= 15 is 0 Å². The topological polar surface area (TPSA) is 140 Å². The van der Waals surface area contributed by atoms with Gasteiger partial charge >= 0.3 is 6.03 Å². The Morgan fingerprint density at radius 1 is 1.14 bits per heavy atom. The van der Waals surface area contributed by atoms with Crippen molar-refractivity contribution >= 4 is 27.9 Å². The molecule has 1 aromatic carbocycles. The van der Waals surface area contributed by atoms with Crippen LogP contribution in [0.3, 0.4) is 0 Å². The molecular weight excluding hydrogens is 386 g/mol. The van der Waals surface area contributed by atoms with E-state index in [4.69, 9.17) is 5.26 Å². The number of carbonyl (C=O) groups excluding carboxylic acids is 3. The van der Waals surface area contributed by atoms with Gasteiger partial charge < -0.3 is 10.2 Å². The van der Waals surface area contributed by atoms with Crippen LogP contribution in [0.2, 0.25) is 0 Å². The zero-order valence-corrected chi connectivity index (χ0v) is 15.7. The molecule has 1 aromatic rings. The number of rotatable bonds is 5. The number of benzene rings is 1. The molecule has 2 fully saturated rings. The van der Waals surface area contributed by atoms with Crippen molar-refractivity contribution < 1.29 is 22.8 Å². The van der Waals surface area contributed by atoms with E-state index in [0.29, 0.717) is 5.56 Å². The molecule has 148 valence electrons. The molecule has 11 heteroatoms. The number of imide groups is 1. The van der Waals surface area contributed by atoms with Crippen LogP contribution >= 0.6 is 0 Å². The molecule has 28 heavy (non-hydrogen) atoms. The van der Waals surface area contributed by atoms with Crippen molar-refractivity contribution in [1.82, 2.24) is 19.8 Å². The van der Waals surface area contributed by atoms with Gasteiger partial charge in [-0.15, -0.1) is 0 Å². The Bertz CT molecular complexity index is 930. The van der Waals surface area contributed by atoms with Gasteiger partial charge in [-0.05, 0) is 30.7 Å². The van der Waals surface area contributed by atoms with Crippen LogP contribution in [0.1, 0.15) is 18.4 Å². The van der Waals surface area contributed by atoms with Crippen LogP contribution in [0.5, 0.6) is 0 Å². The summed E-state index contributed by atoms with van der Waals surface area (Å²) in [5, 5.41) is 13.4. The van der Waals surface area contributed by atoms with Crippen LogP contribution < -0.4 is 10.6 Å². The monoisotopic (exact) mass is 405 g/mol. The number of carbonyl (C=O) groups is 3. The predicted molar refractivity (Wildman–Crippen MR) is 96.2 cm³/mol. The van der Waals surface area contributed by atoms with Gasteiger partial charge in [-0.1, -0.05) is 0 Å². The third kappa shape index (κ3) is 4.13. The van der Waals surface area contributed by atoms with Crippen LogP contribution in [-0.4, -0.2) is 67.7 Å². The first kappa shape index (κ1) is 19.8. The standard InChI is InChI=1S/C17H19N5O5S/c18-11-12-1-3-13(4-2-12)28(26,27)22-9-7-21(8-10-22)15(23)6-5-14-16(24)20-17(25)19-14/h1-4,14H,5-10H2,(H2,19,20,24,25)/t14-/m0/s1. The molecule has 3 rings (SSSR count). The predicted octanol–water partition coefficient (Wildman–Crippen LogP) is -0.621. The van der Waals surface area contributed by atoms with Gasteiger partial charge in [-0.2, -0.15) is 9.57 Å². The van der Waals surface area contributed by atoms with E-state index in [1.165, 1.54) is 28.6 Å². The molecule has 0 bridgehead atoms. The number of nitriles is 1. The molecule has 2 saturated heterocycles. The third-order valence-electron chi connectivity index (χ3n) is 4.72. The Hall–Kier alpha value is -2.97. The summed E-state index contributed by atoms with van der Waals surface area (Å²) >= 11 is 0. The number of hydrogen-bond acceptors (Lipinski definition) is 6. The number of hydrogen-bond donors (Lipinski definition) is 2. The molecule has 0 radical (unpaired) electrons. The molecule has 0 spiro atoms. The SMILES string of the molecule is N#Cc1ccc(S(=O)(=O)N2CCN(C(=O)CC[C@@H]3NC(=O)NC3=O)CC2)cc1. The molecule has 0 aromatic heterocycles. The van der Waals surface area contributed by atoms with Crippen LogP contribution in [0.25, 0.3) is 0 Å². The van der Waals surface area contributed by atoms with E-state index in [-0.39, 0.29) is 49.8 Å². The van der Waals surface area contributed by atoms with Crippen LogP contribution in [0.4, 0.5) is 4.79 Å². The third-order valence-corrected chi connectivity index (χ3v) is 6.63. The van der Waals surface area contributed by atoms with Crippen LogP contribution in [-0.2, 0) is 19.6 Å². The average Bonchev–Trinajstić information content (AvgIpc) is 3.03. The molecule has 2 aliphatic heterocycles. The fraction of sp³-hybridized carbons (Fsp3) is 0.412. The van der Waals surface area contributed by atoms with Crippen molar-refractivity contribution in [2.75, 3.05) is 26.2 Å². The highest BCUT2D eigenvalue weighted by atomic mass is 32.2. The van der Waals surface area contributed by atoms with E-state index in [2.05, 4.69) is 10.6 Å². The van der Waals surface area contributed by atoms with Gasteiger partial charge in [-0.3, -0.25) is 14.9 Å². The molecule has 2 N–H and O–H groups in total. The zero-order valence-electron chi connectivity index (χ0n) is 14.9. The highest BCUT2D eigenvalue weighted by molar-refractivity contribution is 7.89. The van der Waals surface area contributed by atoms with Gasteiger partial charge in [0.25, 0.3) is 5.91 Å². The summed E-state index contributed by atoms with van der Waals surface area (Å²) < 4.78 is 26.7. The average molecular weight is 405 g/mol. The Labute approximate surface area is 162 Å². The van der Waals surface area contributed by atoms with Gasteiger partial charge in [-0.25, -0.2) is 13.2 Å². The summed E-state index contributed by atoms with van der Waals surface area (Å²) in [6.07, 6.45) is 0.279. The number of sulfonamides is 1. The van der Waals surface area contributed by atoms with E-state index < -0.39 is 28.0 Å². The molecule has 0 unspecified atom stereocenters. The second-order valence-corrected chi connectivity index (χ2v) is 8.41. The normalized spacial score (nSPS) is 20.4. The van der Waals surface area contributed by atoms with Gasteiger partial charge in [0.15, 0.2) is 0 Å². The number of urea groups is 1. The maximum absolute atomic E-state index is 12.7. The van der Waals surface area contributed by atoms with E-state index in [1.54, 1.807) is 4.90 Å². The van der Waals surface area contributed by atoms with Gasteiger partial charge in [0.05, 0.1) is 16.5 Å². The number of piperazine rings is 1. The fourth-order valence-corrected chi connectivity index (χ4v) is 4.54. The maximum atomic E-state index is 12.7. The lowest BCUT2D eigenvalue weighted by Crippen LogP contribution is -2.50. The van der Waals surface area contributed by atoms with Crippen molar-refractivity contribution in [3.05, 3.63) is 29.8 Å². The zero-order chi connectivity index (χ0) is 20.3. The molecule has 2 heterocycles. The summed E-state index contributed by atoms with van der Waals surface area (Å²) in [4.78, 5) is 36.6. The largest absolute Gasteiger partial charge is 0.340 e. The Balaban J connectivity index is 1.53. The molecule has 1 atom stereocenters. The molecular formula is C17H19N5O5S. The first-order chi connectivity index (χ1) is 13.3. The number of nitrogens with one attached hydrogen (secondary N) is 2. The lowest BCUT2D eigenvalue weighted by molar-refractivity contribution is -0.132. The van der Waals surface area contributed by atoms with E-state index in [0.717, 1.165) is 0 Å².